The molecule has 0 spiro atoms. The molecule has 0 amide bonds. The molecule has 6 rings (SSSR count). The molecular weight excluding hydrogens is 370 g/mol. The van der Waals surface area contributed by atoms with Gasteiger partial charge in [-0.3, -0.25) is 5.10 Å². The molecule has 152 valence electrons. The number of H-pyrrole nitrogens is 1. The van der Waals surface area contributed by atoms with Crippen LogP contribution in [0.25, 0.3) is 17.0 Å². The lowest BCUT2D eigenvalue weighted by Gasteiger charge is -2.37. The van der Waals surface area contributed by atoms with Crippen molar-refractivity contribution in [2.75, 3.05) is 42.6 Å². The predicted molar refractivity (Wildman–Crippen MR) is 108 cm³/mol. The summed E-state index contributed by atoms with van der Waals surface area (Å²) in [6.07, 6.45) is 6.61. The summed E-state index contributed by atoms with van der Waals surface area (Å²) < 4.78 is 13.7. The summed E-state index contributed by atoms with van der Waals surface area (Å²) in [6.45, 7) is 6.30. The topological polar surface area (TPSA) is 83.8 Å². The highest BCUT2D eigenvalue weighted by Gasteiger charge is 2.35. The van der Waals surface area contributed by atoms with E-state index >= 15 is 0 Å². The van der Waals surface area contributed by atoms with Crippen molar-refractivity contribution < 1.29 is 9.47 Å². The van der Waals surface area contributed by atoms with E-state index in [-0.39, 0.29) is 0 Å². The first-order valence-corrected chi connectivity index (χ1v) is 10.4. The van der Waals surface area contributed by atoms with E-state index in [4.69, 9.17) is 14.6 Å². The number of nitrogens with one attached hydrogen (secondary N) is 1. The van der Waals surface area contributed by atoms with Crippen molar-refractivity contribution in [1.82, 2.24) is 24.8 Å². The van der Waals surface area contributed by atoms with Crippen LogP contribution in [-0.2, 0) is 9.47 Å². The lowest BCUT2D eigenvalue weighted by Crippen LogP contribution is -2.45. The van der Waals surface area contributed by atoms with Gasteiger partial charge in [0.05, 0.1) is 37.3 Å². The number of anilines is 2. The van der Waals surface area contributed by atoms with E-state index in [2.05, 4.69) is 38.0 Å². The minimum absolute atomic E-state index is 0.299. The van der Waals surface area contributed by atoms with Crippen LogP contribution in [0, 0.1) is 0 Å². The Balaban J connectivity index is 1.50. The first kappa shape index (κ1) is 17.2. The second-order valence-electron chi connectivity index (χ2n) is 8.21. The smallest absolute Gasteiger partial charge is 0.182 e. The van der Waals surface area contributed by atoms with Crippen LogP contribution < -0.4 is 9.80 Å². The number of fused-ring (bicyclic) bond motifs is 3. The molecule has 0 aromatic carbocycles. The highest BCUT2D eigenvalue weighted by atomic mass is 16.5. The Morgan fingerprint density at radius 3 is 2.83 bits per heavy atom. The second kappa shape index (κ2) is 6.70. The lowest BCUT2D eigenvalue weighted by molar-refractivity contribution is 0.0301. The van der Waals surface area contributed by atoms with Crippen LogP contribution in [0.4, 0.5) is 11.5 Å². The van der Waals surface area contributed by atoms with Gasteiger partial charge < -0.3 is 19.3 Å². The zero-order chi connectivity index (χ0) is 19.4. The van der Waals surface area contributed by atoms with Crippen LogP contribution in [0.3, 0.4) is 0 Å². The Kier molecular flexibility index (Phi) is 3.98. The fraction of sp³-hybridized carbons (Fsp3) is 0.550. The Morgan fingerprint density at radius 2 is 2.07 bits per heavy atom. The molecule has 3 aromatic rings. The van der Waals surface area contributed by atoms with E-state index in [1.54, 1.807) is 0 Å². The molecule has 3 saturated heterocycles. The van der Waals surface area contributed by atoms with E-state index in [1.165, 1.54) is 0 Å². The van der Waals surface area contributed by atoms with Gasteiger partial charge in [0.15, 0.2) is 11.6 Å². The van der Waals surface area contributed by atoms with E-state index in [0.29, 0.717) is 18.2 Å². The molecule has 2 bridgehead atoms. The molecule has 0 aliphatic carbocycles. The van der Waals surface area contributed by atoms with Crippen molar-refractivity contribution in [2.24, 2.45) is 0 Å². The predicted octanol–water partition coefficient (Wildman–Crippen LogP) is 1.71. The minimum atomic E-state index is 0.299. The molecule has 0 radical (unpaired) electrons. The van der Waals surface area contributed by atoms with Gasteiger partial charge in [0.2, 0.25) is 0 Å². The molecule has 6 heterocycles. The number of hydrogen-bond acceptors (Lipinski definition) is 7. The number of nitrogens with zero attached hydrogens (tertiary/aromatic N) is 6. The van der Waals surface area contributed by atoms with Gasteiger partial charge in [-0.1, -0.05) is 0 Å². The fourth-order valence-corrected chi connectivity index (χ4v) is 4.78. The first-order valence-electron chi connectivity index (χ1n) is 10.4. The molecule has 3 atom stereocenters. The summed E-state index contributed by atoms with van der Waals surface area (Å²) in [5.41, 5.74) is 2.94. The molecule has 3 aliphatic rings. The van der Waals surface area contributed by atoms with Crippen molar-refractivity contribution >= 4 is 17.0 Å². The van der Waals surface area contributed by atoms with Crippen LogP contribution >= 0.6 is 0 Å². The quantitative estimate of drug-likeness (QED) is 0.723. The molecule has 3 aliphatic heterocycles. The van der Waals surface area contributed by atoms with Crippen molar-refractivity contribution in [3.63, 3.8) is 0 Å². The average molecular weight is 395 g/mol. The van der Waals surface area contributed by atoms with E-state index < -0.39 is 0 Å². The average Bonchev–Trinajstić information content (AvgIpc) is 3.47. The molecule has 9 heteroatoms. The van der Waals surface area contributed by atoms with E-state index in [1.807, 2.05) is 23.0 Å². The van der Waals surface area contributed by atoms with Crippen LogP contribution in [0.15, 0.2) is 24.5 Å². The third kappa shape index (κ3) is 2.87. The number of rotatable bonds is 3. The standard InChI is InChI=1S/C20H25N7O2/c1-13-12-28-7-6-26(13)17-8-19(25-10-14-2-3-15(11-25)29-14)24-27-18(17)9-21-20(27)16-4-5-22-23-16/h4-5,8-9,13-15H,2-3,6-7,10-12H2,1H3,(H,22,23). The zero-order valence-electron chi connectivity index (χ0n) is 16.5. The molecular formula is C20H25N7O2. The molecule has 9 nitrogen and oxygen atoms in total. The van der Waals surface area contributed by atoms with Gasteiger partial charge in [-0.05, 0) is 25.8 Å². The largest absolute Gasteiger partial charge is 0.377 e. The van der Waals surface area contributed by atoms with Crippen LogP contribution in [0.2, 0.25) is 0 Å². The van der Waals surface area contributed by atoms with E-state index in [9.17, 15) is 0 Å². The van der Waals surface area contributed by atoms with Gasteiger partial charge in [0.25, 0.3) is 0 Å². The molecule has 3 aromatic heterocycles. The lowest BCUT2D eigenvalue weighted by atomic mass is 10.2. The van der Waals surface area contributed by atoms with Crippen LogP contribution in [0.5, 0.6) is 0 Å². The van der Waals surface area contributed by atoms with Gasteiger partial charge >= 0.3 is 0 Å². The van der Waals surface area contributed by atoms with Gasteiger partial charge in [-0.25, -0.2) is 9.50 Å². The summed E-state index contributed by atoms with van der Waals surface area (Å²) in [4.78, 5) is 9.44. The number of hydrogen-bond donors (Lipinski definition) is 1. The maximum absolute atomic E-state index is 6.04. The Morgan fingerprint density at radius 1 is 1.21 bits per heavy atom. The summed E-state index contributed by atoms with van der Waals surface area (Å²) in [5.74, 6) is 1.72. The third-order valence-electron chi connectivity index (χ3n) is 6.24. The van der Waals surface area contributed by atoms with Crippen molar-refractivity contribution in [3.05, 3.63) is 24.5 Å². The number of aromatic amines is 1. The van der Waals surface area contributed by atoms with Crippen molar-refractivity contribution in [2.45, 2.75) is 38.0 Å². The summed E-state index contributed by atoms with van der Waals surface area (Å²) >= 11 is 0. The number of imidazole rings is 1. The highest BCUT2D eigenvalue weighted by Crippen LogP contribution is 2.34. The normalized spacial score (nSPS) is 27.1. The van der Waals surface area contributed by atoms with Crippen molar-refractivity contribution in [1.29, 1.82) is 0 Å². The monoisotopic (exact) mass is 395 g/mol. The SMILES string of the molecule is CC1COCCN1c1cc(N2CC3CCC(C2)O3)nn2c(-c3cc[nH]n3)ncc12. The van der Waals surface area contributed by atoms with Gasteiger partial charge in [0.1, 0.15) is 11.2 Å². The second-order valence-corrected chi connectivity index (χ2v) is 8.21. The van der Waals surface area contributed by atoms with Gasteiger partial charge in [-0.2, -0.15) is 5.10 Å². The molecule has 1 N–H and O–H groups in total. The Labute approximate surface area is 168 Å². The van der Waals surface area contributed by atoms with E-state index in [0.717, 1.165) is 74.2 Å². The summed E-state index contributed by atoms with van der Waals surface area (Å²) in [5, 5.41) is 12.2. The minimum Gasteiger partial charge on any atom is -0.377 e. The maximum Gasteiger partial charge on any atom is 0.182 e. The Bertz CT molecular complexity index is 1010. The highest BCUT2D eigenvalue weighted by molar-refractivity contribution is 5.78. The summed E-state index contributed by atoms with van der Waals surface area (Å²) in [7, 11) is 0. The molecule has 3 fully saturated rings. The number of ether oxygens (including phenoxy) is 2. The fourth-order valence-electron chi connectivity index (χ4n) is 4.78. The first-order chi connectivity index (χ1) is 14.3. The third-order valence-corrected chi connectivity index (χ3v) is 6.24. The Hall–Kier alpha value is -2.65. The van der Waals surface area contributed by atoms with Crippen LogP contribution in [-0.4, -0.2) is 75.9 Å². The molecule has 0 saturated carbocycles. The number of aromatic nitrogens is 5. The van der Waals surface area contributed by atoms with Gasteiger partial charge in [-0.15, -0.1) is 5.10 Å². The zero-order valence-corrected chi connectivity index (χ0v) is 16.5. The maximum atomic E-state index is 6.04. The van der Waals surface area contributed by atoms with Crippen LogP contribution in [0.1, 0.15) is 19.8 Å². The molecule has 29 heavy (non-hydrogen) atoms. The number of morpholine rings is 2. The molecule has 3 unspecified atom stereocenters. The summed E-state index contributed by atoms with van der Waals surface area (Å²) in [6, 6.07) is 4.44. The van der Waals surface area contributed by atoms with Gasteiger partial charge in [0, 0.05) is 37.9 Å². The van der Waals surface area contributed by atoms with Crippen molar-refractivity contribution in [3.8, 4) is 11.5 Å².